The number of hydrogen-bond acceptors (Lipinski definition) is 1. The average molecular weight is 334 g/mol. The molecule has 0 saturated carbocycles. The lowest BCUT2D eigenvalue weighted by molar-refractivity contribution is -0.111. The summed E-state index contributed by atoms with van der Waals surface area (Å²) in [6, 6.07) is 11.9. The van der Waals surface area contributed by atoms with Crippen molar-refractivity contribution in [2.45, 2.75) is 6.92 Å². The number of anilines is 1. The SMILES string of the molecule is Cc1ccc(Br)cc1NC(=O)/C=C/c1ccccc1F. The largest absolute Gasteiger partial charge is 0.322 e. The molecule has 4 heteroatoms. The summed E-state index contributed by atoms with van der Waals surface area (Å²) in [7, 11) is 0. The Labute approximate surface area is 125 Å². The van der Waals surface area contributed by atoms with Crippen LogP contribution in [0.5, 0.6) is 0 Å². The van der Waals surface area contributed by atoms with E-state index < -0.39 is 0 Å². The van der Waals surface area contributed by atoms with Gasteiger partial charge in [-0.3, -0.25) is 4.79 Å². The van der Waals surface area contributed by atoms with Crippen LogP contribution in [0.15, 0.2) is 53.0 Å². The van der Waals surface area contributed by atoms with E-state index >= 15 is 0 Å². The molecule has 0 saturated heterocycles. The monoisotopic (exact) mass is 333 g/mol. The maximum absolute atomic E-state index is 13.4. The molecular weight excluding hydrogens is 321 g/mol. The number of aryl methyl sites for hydroxylation is 1. The predicted octanol–water partition coefficient (Wildman–Crippen LogP) is 4.55. The molecule has 2 aromatic rings. The molecule has 0 aliphatic heterocycles. The summed E-state index contributed by atoms with van der Waals surface area (Å²) >= 11 is 3.35. The summed E-state index contributed by atoms with van der Waals surface area (Å²) in [5, 5.41) is 2.76. The molecule has 0 heterocycles. The second kappa shape index (κ2) is 6.48. The van der Waals surface area contributed by atoms with E-state index in [1.165, 1.54) is 18.2 Å². The molecule has 0 aromatic heterocycles. The molecule has 0 aliphatic rings. The van der Waals surface area contributed by atoms with Crippen molar-refractivity contribution in [2.75, 3.05) is 5.32 Å². The fraction of sp³-hybridized carbons (Fsp3) is 0.0625. The maximum Gasteiger partial charge on any atom is 0.248 e. The molecule has 2 nitrogen and oxygen atoms in total. The van der Waals surface area contributed by atoms with Gasteiger partial charge in [0.2, 0.25) is 5.91 Å². The highest BCUT2D eigenvalue weighted by Crippen LogP contribution is 2.20. The van der Waals surface area contributed by atoms with Gasteiger partial charge >= 0.3 is 0 Å². The third kappa shape index (κ3) is 3.78. The first-order valence-electron chi connectivity index (χ1n) is 6.06. The van der Waals surface area contributed by atoms with Crippen LogP contribution in [0, 0.1) is 12.7 Å². The first kappa shape index (κ1) is 14.5. The summed E-state index contributed by atoms with van der Waals surface area (Å²) in [6.07, 6.45) is 2.77. The van der Waals surface area contributed by atoms with E-state index in [2.05, 4.69) is 21.2 Å². The van der Waals surface area contributed by atoms with Crippen molar-refractivity contribution >= 4 is 33.6 Å². The Morgan fingerprint density at radius 2 is 2.00 bits per heavy atom. The van der Waals surface area contributed by atoms with E-state index in [1.807, 2.05) is 25.1 Å². The number of carbonyl (C=O) groups is 1. The van der Waals surface area contributed by atoms with Crippen molar-refractivity contribution < 1.29 is 9.18 Å². The molecule has 0 spiro atoms. The van der Waals surface area contributed by atoms with Crippen molar-refractivity contribution in [1.82, 2.24) is 0 Å². The van der Waals surface area contributed by atoms with Crippen LogP contribution in [0.2, 0.25) is 0 Å². The minimum atomic E-state index is -0.352. The molecule has 0 radical (unpaired) electrons. The number of rotatable bonds is 3. The third-order valence-electron chi connectivity index (χ3n) is 2.78. The van der Waals surface area contributed by atoms with Crippen LogP contribution in [0.1, 0.15) is 11.1 Å². The highest BCUT2D eigenvalue weighted by Gasteiger charge is 2.03. The van der Waals surface area contributed by atoms with E-state index in [0.29, 0.717) is 5.56 Å². The summed E-state index contributed by atoms with van der Waals surface area (Å²) < 4.78 is 14.3. The van der Waals surface area contributed by atoms with Crippen LogP contribution in [-0.4, -0.2) is 5.91 Å². The lowest BCUT2D eigenvalue weighted by atomic mass is 10.2. The predicted molar refractivity (Wildman–Crippen MR) is 82.9 cm³/mol. The molecule has 0 unspecified atom stereocenters. The lowest BCUT2D eigenvalue weighted by Crippen LogP contribution is -2.08. The Morgan fingerprint density at radius 1 is 1.25 bits per heavy atom. The lowest BCUT2D eigenvalue weighted by Gasteiger charge is -2.06. The molecule has 2 rings (SSSR count). The van der Waals surface area contributed by atoms with Crippen LogP contribution in [0.3, 0.4) is 0 Å². The third-order valence-corrected chi connectivity index (χ3v) is 3.27. The molecule has 0 bridgehead atoms. The van der Waals surface area contributed by atoms with Crippen LogP contribution < -0.4 is 5.32 Å². The molecule has 2 aromatic carbocycles. The highest BCUT2D eigenvalue weighted by molar-refractivity contribution is 9.10. The van der Waals surface area contributed by atoms with Crippen molar-refractivity contribution in [1.29, 1.82) is 0 Å². The summed E-state index contributed by atoms with van der Waals surface area (Å²) in [5.41, 5.74) is 2.07. The minimum absolute atomic E-state index is 0.297. The smallest absolute Gasteiger partial charge is 0.248 e. The maximum atomic E-state index is 13.4. The number of halogens is 2. The second-order valence-corrected chi connectivity index (χ2v) is 5.22. The van der Waals surface area contributed by atoms with Crippen LogP contribution in [0.4, 0.5) is 10.1 Å². The zero-order valence-corrected chi connectivity index (χ0v) is 12.4. The number of amides is 1. The quantitative estimate of drug-likeness (QED) is 0.820. The Morgan fingerprint density at radius 3 is 2.75 bits per heavy atom. The van der Waals surface area contributed by atoms with Gasteiger partial charge in [-0.2, -0.15) is 0 Å². The van der Waals surface area contributed by atoms with E-state index in [1.54, 1.807) is 18.2 Å². The fourth-order valence-corrected chi connectivity index (χ4v) is 2.04. The zero-order chi connectivity index (χ0) is 14.5. The molecule has 20 heavy (non-hydrogen) atoms. The van der Waals surface area contributed by atoms with Gasteiger partial charge in [-0.15, -0.1) is 0 Å². The van der Waals surface area contributed by atoms with Crippen molar-refractivity contribution in [3.8, 4) is 0 Å². The normalized spacial score (nSPS) is 10.8. The average Bonchev–Trinajstić information content (AvgIpc) is 2.42. The summed E-state index contributed by atoms with van der Waals surface area (Å²) in [6.45, 7) is 1.91. The fourth-order valence-electron chi connectivity index (χ4n) is 1.68. The first-order valence-corrected chi connectivity index (χ1v) is 6.85. The molecule has 0 fully saturated rings. The summed E-state index contributed by atoms with van der Waals surface area (Å²) in [5.74, 6) is -0.648. The van der Waals surface area contributed by atoms with Gasteiger partial charge in [0.1, 0.15) is 5.82 Å². The zero-order valence-electron chi connectivity index (χ0n) is 10.9. The van der Waals surface area contributed by atoms with Crippen LogP contribution >= 0.6 is 15.9 Å². The van der Waals surface area contributed by atoms with E-state index in [4.69, 9.17) is 0 Å². The topological polar surface area (TPSA) is 29.1 Å². The Balaban J connectivity index is 2.10. The number of nitrogens with one attached hydrogen (secondary N) is 1. The van der Waals surface area contributed by atoms with Crippen LogP contribution in [0.25, 0.3) is 6.08 Å². The Hall–Kier alpha value is -1.94. The molecule has 1 N–H and O–H groups in total. The van der Waals surface area contributed by atoms with E-state index in [0.717, 1.165) is 15.7 Å². The van der Waals surface area contributed by atoms with Gasteiger partial charge in [0.15, 0.2) is 0 Å². The molecule has 1 amide bonds. The van der Waals surface area contributed by atoms with E-state index in [9.17, 15) is 9.18 Å². The number of benzene rings is 2. The second-order valence-electron chi connectivity index (χ2n) is 4.30. The summed E-state index contributed by atoms with van der Waals surface area (Å²) in [4.78, 5) is 11.8. The molecule has 102 valence electrons. The van der Waals surface area contributed by atoms with Gasteiger partial charge in [0.25, 0.3) is 0 Å². The van der Waals surface area contributed by atoms with E-state index in [-0.39, 0.29) is 11.7 Å². The minimum Gasteiger partial charge on any atom is -0.322 e. The number of carbonyl (C=O) groups excluding carboxylic acids is 1. The van der Waals surface area contributed by atoms with Gasteiger partial charge in [0, 0.05) is 21.8 Å². The number of hydrogen-bond donors (Lipinski definition) is 1. The molecule has 0 aliphatic carbocycles. The highest BCUT2D eigenvalue weighted by atomic mass is 79.9. The Kier molecular flexibility index (Phi) is 4.69. The Bertz CT molecular complexity index is 667. The standard InChI is InChI=1S/C16H13BrFNO/c1-11-6-8-13(17)10-15(11)19-16(20)9-7-12-4-2-3-5-14(12)18/h2-10H,1H3,(H,19,20)/b9-7+. The van der Waals surface area contributed by atoms with Crippen molar-refractivity contribution in [3.05, 3.63) is 70.0 Å². The van der Waals surface area contributed by atoms with Crippen molar-refractivity contribution in [3.63, 3.8) is 0 Å². The molecule has 0 atom stereocenters. The van der Waals surface area contributed by atoms with Gasteiger partial charge < -0.3 is 5.32 Å². The van der Waals surface area contributed by atoms with Gasteiger partial charge in [0.05, 0.1) is 0 Å². The molecular formula is C16H13BrFNO. The van der Waals surface area contributed by atoms with Gasteiger partial charge in [-0.25, -0.2) is 4.39 Å². The van der Waals surface area contributed by atoms with Crippen molar-refractivity contribution in [2.24, 2.45) is 0 Å². The van der Waals surface area contributed by atoms with Gasteiger partial charge in [-0.1, -0.05) is 40.2 Å². The van der Waals surface area contributed by atoms with Gasteiger partial charge in [-0.05, 0) is 36.8 Å². The van der Waals surface area contributed by atoms with Crippen LogP contribution in [-0.2, 0) is 4.79 Å². The first-order chi connectivity index (χ1) is 9.56.